The van der Waals surface area contributed by atoms with Crippen molar-refractivity contribution >= 4 is 5.97 Å². The van der Waals surface area contributed by atoms with E-state index in [9.17, 15) is 4.79 Å². The van der Waals surface area contributed by atoms with Crippen LogP contribution < -0.4 is 0 Å². The summed E-state index contributed by atoms with van der Waals surface area (Å²) in [6, 6.07) is 0. The molecule has 0 aromatic carbocycles. The van der Waals surface area contributed by atoms with Gasteiger partial charge >= 0.3 is 5.97 Å². The molecule has 2 fully saturated rings. The Labute approximate surface area is 84.8 Å². The van der Waals surface area contributed by atoms with E-state index in [-0.39, 0.29) is 17.5 Å². The molecule has 0 N–H and O–H groups in total. The van der Waals surface area contributed by atoms with E-state index in [0.29, 0.717) is 12.7 Å². The fraction of sp³-hybridized carbons (Fsp3) is 0.909. The molecule has 3 atom stereocenters. The predicted molar refractivity (Wildman–Crippen MR) is 51.9 cm³/mol. The van der Waals surface area contributed by atoms with Gasteiger partial charge in [0.2, 0.25) is 0 Å². The molecular weight excluding hydrogens is 180 g/mol. The van der Waals surface area contributed by atoms with E-state index >= 15 is 0 Å². The van der Waals surface area contributed by atoms with Crippen molar-refractivity contribution in [2.45, 2.75) is 51.2 Å². The summed E-state index contributed by atoms with van der Waals surface area (Å²) in [5.41, 5.74) is 0.0987. The van der Waals surface area contributed by atoms with Crippen molar-refractivity contribution in [3.8, 4) is 0 Å². The van der Waals surface area contributed by atoms with Crippen LogP contribution in [0.4, 0.5) is 0 Å². The molecular formula is C11H18O3. The summed E-state index contributed by atoms with van der Waals surface area (Å²) in [5.74, 6) is 0.0616. The molecule has 3 unspecified atom stereocenters. The molecule has 0 aromatic heterocycles. The minimum Gasteiger partial charge on any atom is -0.465 e. The highest BCUT2D eigenvalue weighted by Crippen LogP contribution is 2.49. The highest BCUT2D eigenvalue weighted by Gasteiger charge is 2.56. The molecule has 3 heteroatoms. The third-order valence-electron chi connectivity index (χ3n) is 3.30. The second kappa shape index (κ2) is 3.54. The molecule has 1 aliphatic heterocycles. The molecule has 0 radical (unpaired) electrons. The van der Waals surface area contributed by atoms with Gasteiger partial charge in [0.15, 0.2) is 0 Å². The van der Waals surface area contributed by atoms with Gasteiger partial charge in [-0.2, -0.15) is 0 Å². The quantitative estimate of drug-likeness (QED) is 0.513. The van der Waals surface area contributed by atoms with Crippen LogP contribution >= 0.6 is 0 Å². The van der Waals surface area contributed by atoms with E-state index in [0.717, 1.165) is 25.7 Å². The summed E-state index contributed by atoms with van der Waals surface area (Å²) in [6.45, 7) is 4.69. The third-order valence-corrected chi connectivity index (χ3v) is 3.30. The zero-order valence-electron chi connectivity index (χ0n) is 8.91. The first-order chi connectivity index (χ1) is 6.65. The van der Waals surface area contributed by atoms with Crippen LogP contribution in [0.5, 0.6) is 0 Å². The Morgan fingerprint density at radius 1 is 1.64 bits per heavy atom. The maximum Gasteiger partial charge on any atom is 0.309 e. The number of rotatable bonds is 3. The molecule has 0 amide bonds. The molecule has 1 saturated heterocycles. The average Bonchev–Trinajstić information content (AvgIpc) is 2.84. The normalized spacial score (nSPS) is 40.1. The zero-order valence-corrected chi connectivity index (χ0v) is 8.91. The predicted octanol–water partition coefficient (Wildman–Crippen LogP) is 1.90. The monoisotopic (exact) mass is 198 g/mol. The summed E-state index contributed by atoms with van der Waals surface area (Å²) < 4.78 is 10.7. The molecule has 0 spiro atoms. The van der Waals surface area contributed by atoms with Crippen LogP contribution in [-0.2, 0) is 14.3 Å². The van der Waals surface area contributed by atoms with Crippen molar-refractivity contribution in [1.82, 2.24) is 0 Å². The van der Waals surface area contributed by atoms with Crippen LogP contribution in [0.15, 0.2) is 0 Å². The van der Waals surface area contributed by atoms with Crippen LogP contribution in [0, 0.1) is 5.92 Å². The van der Waals surface area contributed by atoms with Gasteiger partial charge in [-0.15, -0.1) is 0 Å². The minimum absolute atomic E-state index is 0.0237. The van der Waals surface area contributed by atoms with Crippen LogP contribution in [0.25, 0.3) is 0 Å². The largest absolute Gasteiger partial charge is 0.465 e. The first kappa shape index (κ1) is 9.97. The first-order valence-electron chi connectivity index (χ1n) is 5.50. The van der Waals surface area contributed by atoms with Crippen LogP contribution in [-0.4, -0.2) is 24.3 Å². The Morgan fingerprint density at radius 2 is 2.43 bits per heavy atom. The summed E-state index contributed by atoms with van der Waals surface area (Å²) >= 11 is 0. The van der Waals surface area contributed by atoms with Gasteiger partial charge in [0.1, 0.15) is 0 Å². The van der Waals surface area contributed by atoms with E-state index in [1.807, 2.05) is 6.92 Å². The molecule has 14 heavy (non-hydrogen) atoms. The Kier molecular flexibility index (Phi) is 2.52. The minimum atomic E-state index is -0.0237. The van der Waals surface area contributed by atoms with Crippen molar-refractivity contribution in [1.29, 1.82) is 0 Å². The molecule has 3 nitrogen and oxygen atoms in total. The van der Waals surface area contributed by atoms with Gasteiger partial charge in [-0.05, 0) is 32.6 Å². The molecule has 0 bridgehead atoms. The summed E-state index contributed by atoms with van der Waals surface area (Å²) in [6.07, 6.45) is 4.00. The first-order valence-corrected chi connectivity index (χ1v) is 5.50. The van der Waals surface area contributed by atoms with Gasteiger partial charge in [0.25, 0.3) is 0 Å². The van der Waals surface area contributed by atoms with Gasteiger partial charge in [0.05, 0.1) is 24.2 Å². The maximum absolute atomic E-state index is 11.5. The van der Waals surface area contributed by atoms with E-state index in [1.165, 1.54) is 0 Å². The van der Waals surface area contributed by atoms with Crippen molar-refractivity contribution in [3.05, 3.63) is 0 Å². The van der Waals surface area contributed by atoms with E-state index < -0.39 is 0 Å². The zero-order chi connectivity index (χ0) is 10.2. The molecule has 1 saturated carbocycles. The lowest BCUT2D eigenvalue weighted by atomic mass is 9.83. The molecule has 2 rings (SSSR count). The highest BCUT2D eigenvalue weighted by molar-refractivity contribution is 5.72. The lowest BCUT2D eigenvalue weighted by Gasteiger charge is -2.20. The Bertz CT molecular complexity index is 239. The fourth-order valence-corrected chi connectivity index (χ4v) is 2.18. The number of carbonyl (C=O) groups is 1. The lowest BCUT2D eigenvalue weighted by Crippen LogP contribution is -2.28. The summed E-state index contributed by atoms with van der Waals surface area (Å²) in [5, 5.41) is 0. The van der Waals surface area contributed by atoms with Gasteiger partial charge in [-0.1, -0.05) is 6.92 Å². The summed E-state index contributed by atoms with van der Waals surface area (Å²) in [7, 11) is 0. The number of hydrogen-bond acceptors (Lipinski definition) is 3. The van der Waals surface area contributed by atoms with E-state index in [1.54, 1.807) is 0 Å². The molecule has 1 heterocycles. The smallest absolute Gasteiger partial charge is 0.309 e. The molecule has 80 valence electrons. The number of hydrogen-bond donors (Lipinski definition) is 0. The number of esters is 1. The van der Waals surface area contributed by atoms with Crippen LogP contribution in [0.1, 0.15) is 39.5 Å². The lowest BCUT2D eigenvalue weighted by molar-refractivity contribution is -0.149. The third kappa shape index (κ3) is 1.78. The van der Waals surface area contributed by atoms with Gasteiger partial charge in [0, 0.05) is 0 Å². The second-order valence-electron chi connectivity index (χ2n) is 4.56. The summed E-state index contributed by atoms with van der Waals surface area (Å²) in [4.78, 5) is 11.5. The van der Waals surface area contributed by atoms with Crippen LogP contribution in [0.2, 0.25) is 0 Å². The Balaban J connectivity index is 1.80. The number of carbonyl (C=O) groups excluding carboxylic acids is 1. The van der Waals surface area contributed by atoms with Crippen molar-refractivity contribution < 1.29 is 14.3 Å². The van der Waals surface area contributed by atoms with Gasteiger partial charge in [-0.25, -0.2) is 0 Å². The van der Waals surface area contributed by atoms with Crippen molar-refractivity contribution in [3.63, 3.8) is 0 Å². The number of epoxide rings is 1. The van der Waals surface area contributed by atoms with Crippen molar-refractivity contribution in [2.24, 2.45) is 5.92 Å². The second-order valence-corrected chi connectivity index (χ2v) is 4.56. The number of ether oxygens (including phenoxy) is 2. The molecule has 0 aromatic rings. The molecule has 2 aliphatic rings. The van der Waals surface area contributed by atoms with Crippen molar-refractivity contribution in [2.75, 3.05) is 6.61 Å². The van der Waals surface area contributed by atoms with E-state index in [2.05, 4.69) is 6.92 Å². The van der Waals surface area contributed by atoms with E-state index in [4.69, 9.17) is 9.47 Å². The Hall–Kier alpha value is -0.570. The fourth-order valence-electron chi connectivity index (χ4n) is 2.18. The average molecular weight is 198 g/mol. The highest BCUT2D eigenvalue weighted by atomic mass is 16.6. The Morgan fingerprint density at radius 3 is 3.07 bits per heavy atom. The molecule has 1 aliphatic carbocycles. The maximum atomic E-state index is 11.5. The SMILES string of the molecule is CCCOC(=O)C1CCC2(C)OC2C1. The van der Waals surface area contributed by atoms with Gasteiger partial charge < -0.3 is 9.47 Å². The van der Waals surface area contributed by atoms with Gasteiger partial charge in [-0.3, -0.25) is 4.79 Å². The number of fused-ring (bicyclic) bond motifs is 1. The van der Waals surface area contributed by atoms with Crippen LogP contribution in [0.3, 0.4) is 0 Å². The topological polar surface area (TPSA) is 38.8 Å². The standard InChI is InChI=1S/C11H18O3/c1-3-6-13-10(12)8-4-5-11(2)9(7-8)14-11/h8-9H,3-7H2,1-2H3.